The zero-order chi connectivity index (χ0) is 16.2. The zero-order valence-corrected chi connectivity index (χ0v) is 14.4. The molecule has 1 atom stereocenters. The summed E-state index contributed by atoms with van der Waals surface area (Å²) >= 11 is 11.8. The lowest BCUT2D eigenvalue weighted by atomic mass is 10.1. The largest absolute Gasteiger partial charge is 0.216 e. The first kappa shape index (κ1) is 17.3. The average Bonchev–Trinajstić information content (AvgIpc) is 2.49. The van der Waals surface area contributed by atoms with Gasteiger partial charge in [0.1, 0.15) is 0 Å². The number of hydrogen-bond donors (Lipinski definition) is 1. The van der Waals surface area contributed by atoms with Crippen molar-refractivity contribution >= 4 is 33.2 Å². The summed E-state index contributed by atoms with van der Waals surface area (Å²) < 4.78 is 27.4. The Morgan fingerprint density at radius 3 is 2.32 bits per heavy atom. The van der Waals surface area contributed by atoms with Crippen LogP contribution >= 0.6 is 23.2 Å². The van der Waals surface area contributed by atoms with Crippen LogP contribution in [0.2, 0.25) is 10.0 Å². The highest BCUT2D eigenvalue weighted by atomic mass is 35.5. The highest BCUT2D eigenvalue weighted by Crippen LogP contribution is 2.24. The molecule has 0 unspecified atom stereocenters. The van der Waals surface area contributed by atoms with Crippen LogP contribution in [0, 0.1) is 0 Å². The Kier molecular flexibility index (Phi) is 5.87. The summed E-state index contributed by atoms with van der Waals surface area (Å²) in [7, 11) is -3.48. The molecule has 3 nitrogen and oxygen atoms in total. The first-order chi connectivity index (χ1) is 10.4. The summed E-state index contributed by atoms with van der Waals surface area (Å²) in [6.45, 7) is 1.94. The topological polar surface area (TPSA) is 46.2 Å². The van der Waals surface area contributed by atoms with E-state index in [9.17, 15) is 8.42 Å². The summed E-state index contributed by atoms with van der Waals surface area (Å²) in [6, 6.07) is 14.1. The lowest BCUT2D eigenvalue weighted by Crippen LogP contribution is -2.29. The fraction of sp³-hybridized carbons (Fsp3) is 0.250. The van der Waals surface area contributed by atoms with E-state index in [4.69, 9.17) is 23.2 Å². The van der Waals surface area contributed by atoms with Crippen molar-refractivity contribution in [3.63, 3.8) is 0 Å². The Hall–Kier alpha value is -1.07. The smallest absolute Gasteiger partial charge is 0.212 e. The maximum Gasteiger partial charge on any atom is 0.216 e. The van der Waals surface area contributed by atoms with Gasteiger partial charge >= 0.3 is 0 Å². The molecule has 0 amide bonds. The second-order valence-electron chi connectivity index (χ2n) is 5.00. The Balaban J connectivity index is 2.14. The van der Waals surface area contributed by atoms with Gasteiger partial charge in [0.15, 0.2) is 0 Å². The SMILES string of the molecule is CC[C@H](NS(=O)(=O)Cc1ccc(Cl)c(Cl)c1)c1ccccc1. The van der Waals surface area contributed by atoms with Crippen LogP contribution in [0.15, 0.2) is 48.5 Å². The van der Waals surface area contributed by atoms with E-state index in [1.54, 1.807) is 18.2 Å². The molecule has 0 fully saturated rings. The quantitative estimate of drug-likeness (QED) is 0.823. The first-order valence-electron chi connectivity index (χ1n) is 6.90. The molecule has 2 rings (SSSR count). The van der Waals surface area contributed by atoms with Gasteiger partial charge < -0.3 is 0 Å². The molecule has 0 heterocycles. The van der Waals surface area contributed by atoms with Crippen molar-refractivity contribution in [3.8, 4) is 0 Å². The molecule has 6 heteroatoms. The van der Waals surface area contributed by atoms with E-state index in [-0.39, 0.29) is 11.8 Å². The molecule has 0 aromatic heterocycles. The molecule has 0 spiro atoms. The van der Waals surface area contributed by atoms with Crippen LogP contribution in [0.25, 0.3) is 0 Å². The maximum atomic E-state index is 12.4. The maximum absolute atomic E-state index is 12.4. The van der Waals surface area contributed by atoms with Crippen LogP contribution in [0.4, 0.5) is 0 Å². The zero-order valence-electron chi connectivity index (χ0n) is 12.1. The Labute approximate surface area is 141 Å². The van der Waals surface area contributed by atoms with Crippen molar-refractivity contribution in [1.29, 1.82) is 0 Å². The van der Waals surface area contributed by atoms with Crippen molar-refractivity contribution in [2.75, 3.05) is 0 Å². The minimum Gasteiger partial charge on any atom is -0.212 e. The fourth-order valence-corrected chi connectivity index (χ4v) is 3.94. The monoisotopic (exact) mass is 357 g/mol. The van der Waals surface area contributed by atoms with Crippen LogP contribution in [0.1, 0.15) is 30.5 Å². The first-order valence-corrected chi connectivity index (χ1v) is 9.31. The Morgan fingerprint density at radius 1 is 1.05 bits per heavy atom. The molecule has 0 aliphatic heterocycles. The van der Waals surface area contributed by atoms with Crippen molar-refractivity contribution in [2.24, 2.45) is 0 Å². The molecule has 22 heavy (non-hydrogen) atoms. The van der Waals surface area contributed by atoms with Crippen molar-refractivity contribution in [2.45, 2.75) is 25.1 Å². The van der Waals surface area contributed by atoms with E-state index >= 15 is 0 Å². The van der Waals surface area contributed by atoms with Crippen molar-refractivity contribution in [3.05, 3.63) is 69.7 Å². The summed E-state index contributed by atoms with van der Waals surface area (Å²) in [6.07, 6.45) is 0.671. The molecule has 1 N–H and O–H groups in total. The highest BCUT2D eigenvalue weighted by Gasteiger charge is 2.19. The highest BCUT2D eigenvalue weighted by molar-refractivity contribution is 7.88. The van der Waals surface area contributed by atoms with Crippen molar-refractivity contribution < 1.29 is 8.42 Å². The molecule has 0 aliphatic carbocycles. The van der Waals surface area contributed by atoms with Gasteiger partial charge in [-0.25, -0.2) is 13.1 Å². The van der Waals surface area contributed by atoms with Gasteiger partial charge in [0.25, 0.3) is 0 Å². The van der Waals surface area contributed by atoms with Crippen LogP contribution in [0.5, 0.6) is 0 Å². The second kappa shape index (κ2) is 7.47. The standard InChI is InChI=1S/C16H17Cl2NO2S/c1-2-16(13-6-4-3-5-7-13)19-22(20,21)11-12-8-9-14(17)15(18)10-12/h3-10,16,19H,2,11H2,1H3/t16-/m0/s1. The third-order valence-corrected chi connectivity index (χ3v) is 5.37. The fourth-order valence-electron chi connectivity index (χ4n) is 2.18. The third-order valence-electron chi connectivity index (χ3n) is 3.27. The van der Waals surface area contributed by atoms with E-state index in [1.165, 1.54) is 0 Å². The molecule has 2 aromatic rings. The van der Waals surface area contributed by atoms with Crippen molar-refractivity contribution in [1.82, 2.24) is 4.72 Å². The number of hydrogen-bond acceptors (Lipinski definition) is 2. The van der Waals surface area contributed by atoms with Crippen LogP contribution in [-0.2, 0) is 15.8 Å². The molecule has 0 aliphatic rings. The third kappa shape index (κ3) is 4.71. The van der Waals surface area contributed by atoms with E-state index in [1.807, 2.05) is 37.3 Å². The van der Waals surface area contributed by atoms with Gasteiger partial charge in [-0.3, -0.25) is 0 Å². The molecule has 0 bridgehead atoms. The molecule has 118 valence electrons. The summed E-state index contributed by atoms with van der Waals surface area (Å²) in [4.78, 5) is 0. The molecular formula is C16H17Cl2NO2S. The number of sulfonamides is 1. The molecule has 0 saturated heterocycles. The number of nitrogens with one attached hydrogen (secondary N) is 1. The van der Waals surface area contributed by atoms with Gasteiger partial charge in [0.2, 0.25) is 10.0 Å². The molecular weight excluding hydrogens is 341 g/mol. The predicted octanol–water partition coefficient (Wildman–Crippen LogP) is 4.56. The van der Waals surface area contributed by atoms with Crippen LogP contribution in [-0.4, -0.2) is 8.42 Å². The van der Waals surface area contributed by atoms with Gasteiger partial charge in [-0.15, -0.1) is 0 Å². The Morgan fingerprint density at radius 2 is 1.73 bits per heavy atom. The van der Waals surface area contributed by atoms with E-state index in [0.29, 0.717) is 22.0 Å². The molecule has 0 saturated carbocycles. The predicted molar refractivity (Wildman–Crippen MR) is 91.7 cm³/mol. The minimum atomic E-state index is -3.48. The number of benzene rings is 2. The number of halogens is 2. The molecule has 0 radical (unpaired) electrons. The van der Waals surface area contributed by atoms with E-state index in [2.05, 4.69) is 4.72 Å². The van der Waals surface area contributed by atoms with Crippen LogP contribution in [0.3, 0.4) is 0 Å². The Bertz CT molecular complexity index is 733. The second-order valence-corrected chi connectivity index (χ2v) is 7.57. The number of rotatable bonds is 6. The van der Waals surface area contributed by atoms with Gasteiger partial charge in [0.05, 0.1) is 15.8 Å². The van der Waals surface area contributed by atoms with Crippen LogP contribution < -0.4 is 4.72 Å². The van der Waals surface area contributed by atoms with E-state index in [0.717, 1.165) is 5.56 Å². The summed E-state index contributed by atoms with van der Waals surface area (Å²) in [5, 5.41) is 0.760. The van der Waals surface area contributed by atoms with Gasteiger partial charge in [-0.05, 0) is 29.7 Å². The normalized spacial score (nSPS) is 13.0. The summed E-state index contributed by atoms with van der Waals surface area (Å²) in [5.41, 5.74) is 1.55. The summed E-state index contributed by atoms with van der Waals surface area (Å²) in [5.74, 6) is -0.132. The van der Waals surface area contributed by atoms with Gasteiger partial charge in [-0.2, -0.15) is 0 Å². The van der Waals surface area contributed by atoms with Gasteiger partial charge in [0, 0.05) is 6.04 Å². The average molecular weight is 358 g/mol. The lowest BCUT2D eigenvalue weighted by Gasteiger charge is -2.17. The van der Waals surface area contributed by atoms with Gasteiger partial charge in [-0.1, -0.05) is 66.5 Å². The molecule has 2 aromatic carbocycles. The van der Waals surface area contributed by atoms with E-state index < -0.39 is 10.0 Å². The minimum absolute atomic E-state index is 0.132. The lowest BCUT2D eigenvalue weighted by molar-refractivity contribution is 0.549.